The molecule has 0 radical (unpaired) electrons. The molecule has 1 N–H and O–H groups in total. The number of anilines is 1. The van der Waals surface area contributed by atoms with E-state index in [0.29, 0.717) is 11.0 Å². The number of hydrogen-bond acceptors (Lipinski definition) is 2. The molecule has 1 heterocycles. The summed E-state index contributed by atoms with van der Waals surface area (Å²) in [6.07, 6.45) is 3.25. The van der Waals surface area contributed by atoms with Crippen molar-refractivity contribution in [2.45, 2.75) is 40.0 Å². The summed E-state index contributed by atoms with van der Waals surface area (Å²) in [5.41, 5.74) is 3.13. The van der Waals surface area contributed by atoms with Crippen LogP contribution in [0, 0.1) is 5.41 Å². The fraction of sp³-hybridized carbons (Fsp3) is 0.562. The Morgan fingerprint density at radius 3 is 2.74 bits per heavy atom. The van der Waals surface area contributed by atoms with Gasteiger partial charge in [-0.2, -0.15) is 0 Å². The van der Waals surface area contributed by atoms with Gasteiger partial charge in [-0.25, -0.2) is 4.79 Å². The highest BCUT2D eigenvalue weighted by Crippen LogP contribution is 2.30. The highest BCUT2D eigenvalue weighted by atomic mass is 16.4. The van der Waals surface area contributed by atoms with Gasteiger partial charge in [-0.05, 0) is 48.4 Å². The first-order valence-corrected chi connectivity index (χ1v) is 6.98. The number of rotatable bonds is 3. The molecule has 0 amide bonds. The summed E-state index contributed by atoms with van der Waals surface area (Å²) in [5, 5.41) is 9.05. The fourth-order valence-corrected chi connectivity index (χ4v) is 2.51. The maximum atomic E-state index is 11.0. The zero-order valence-corrected chi connectivity index (χ0v) is 12.1. The molecule has 104 valence electrons. The first-order valence-electron chi connectivity index (χ1n) is 6.98. The molecule has 0 aromatic heterocycles. The SMILES string of the molecule is CC(C)(C)CCN1CCCc2cc(C(=O)O)ccc21. The summed E-state index contributed by atoms with van der Waals surface area (Å²) in [6, 6.07) is 5.53. The molecule has 1 aliphatic rings. The van der Waals surface area contributed by atoms with E-state index >= 15 is 0 Å². The second-order valence-corrected chi connectivity index (χ2v) is 6.55. The number of nitrogens with zero attached hydrogens (tertiary/aromatic N) is 1. The number of carbonyl (C=O) groups is 1. The largest absolute Gasteiger partial charge is 0.478 e. The average Bonchev–Trinajstić information content (AvgIpc) is 2.34. The summed E-state index contributed by atoms with van der Waals surface area (Å²) in [7, 11) is 0. The van der Waals surface area contributed by atoms with E-state index in [2.05, 4.69) is 25.7 Å². The van der Waals surface area contributed by atoms with Gasteiger partial charge in [0.15, 0.2) is 0 Å². The predicted molar refractivity (Wildman–Crippen MR) is 78.0 cm³/mol. The molecular formula is C16H23NO2. The van der Waals surface area contributed by atoms with Crippen LogP contribution in [-0.2, 0) is 6.42 Å². The van der Waals surface area contributed by atoms with Gasteiger partial charge in [0, 0.05) is 18.8 Å². The zero-order chi connectivity index (χ0) is 14.0. The molecule has 0 bridgehead atoms. The third-order valence-corrected chi connectivity index (χ3v) is 3.67. The van der Waals surface area contributed by atoms with Crippen molar-refractivity contribution in [2.24, 2.45) is 5.41 Å². The van der Waals surface area contributed by atoms with E-state index in [1.165, 1.54) is 11.3 Å². The molecule has 0 saturated carbocycles. The van der Waals surface area contributed by atoms with Gasteiger partial charge in [0.2, 0.25) is 0 Å². The predicted octanol–water partition coefficient (Wildman–Crippen LogP) is 3.57. The van der Waals surface area contributed by atoms with Crippen molar-refractivity contribution in [3.63, 3.8) is 0 Å². The molecular weight excluding hydrogens is 238 g/mol. The van der Waals surface area contributed by atoms with Crippen LogP contribution in [0.25, 0.3) is 0 Å². The molecule has 0 fully saturated rings. The highest BCUT2D eigenvalue weighted by molar-refractivity contribution is 5.88. The van der Waals surface area contributed by atoms with Crippen LogP contribution in [0.15, 0.2) is 18.2 Å². The Labute approximate surface area is 115 Å². The third kappa shape index (κ3) is 3.49. The molecule has 0 aliphatic carbocycles. The van der Waals surface area contributed by atoms with Gasteiger partial charge in [0.05, 0.1) is 5.56 Å². The van der Waals surface area contributed by atoms with Crippen molar-refractivity contribution >= 4 is 11.7 Å². The lowest BCUT2D eigenvalue weighted by atomic mass is 9.91. The topological polar surface area (TPSA) is 40.5 Å². The van der Waals surface area contributed by atoms with Gasteiger partial charge < -0.3 is 10.0 Å². The molecule has 0 spiro atoms. The summed E-state index contributed by atoms with van der Waals surface area (Å²) in [6.45, 7) is 8.89. The lowest BCUT2D eigenvalue weighted by molar-refractivity contribution is 0.0697. The van der Waals surface area contributed by atoms with E-state index in [9.17, 15) is 4.79 Å². The van der Waals surface area contributed by atoms with Crippen LogP contribution < -0.4 is 4.90 Å². The lowest BCUT2D eigenvalue weighted by Crippen LogP contribution is -2.32. The molecule has 3 heteroatoms. The number of fused-ring (bicyclic) bond motifs is 1. The molecule has 0 saturated heterocycles. The van der Waals surface area contributed by atoms with Crippen molar-refractivity contribution in [2.75, 3.05) is 18.0 Å². The number of carboxylic acids is 1. The standard InChI is InChI=1S/C16H23NO2/c1-16(2,3)8-10-17-9-4-5-12-11-13(15(18)19)6-7-14(12)17/h6-7,11H,4-5,8-10H2,1-3H3,(H,18,19). The number of benzene rings is 1. The Bertz CT molecular complexity index is 474. The van der Waals surface area contributed by atoms with Gasteiger partial charge in [-0.3, -0.25) is 0 Å². The smallest absolute Gasteiger partial charge is 0.335 e. The van der Waals surface area contributed by atoms with Crippen LogP contribution in [0.2, 0.25) is 0 Å². The van der Waals surface area contributed by atoms with E-state index in [4.69, 9.17) is 5.11 Å². The quantitative estimate of drug-likeness (QED) is 0.904. The van der Waals surface area contributed by atoms with Gasteiger partial charge in [-0.1, -0.05) is 20.8 Å². The normalized spacial score (nSPS) is 15.2. The average molecular weight is 261 g/mol. The summed E-state index contributed by atoms with van der Waals surface area (Å²) in [4.78, 5) is 13.4. The Kier molecular flexibility index (Phi) is 3.83. The Hall–Kier alpha value is -1.51. The van der Waals surface area contributed by atoms with Gasteiger partial charge in [-0.15, -0.1) is 0 Å². The van der Waals surface area contributed by atoms with Crippen LogP contribution in [0.5, 0.6) is 0 Å². The molecule has 1 aromatic rings. The second-order valence-electron chi connectivity index (χ2n) is 6.55. The minimum Gasteiger partial charge on any atom is -0.478 e. The maximum Gasteiger partial charge on any atom is 0.335 e. The van der Waals surface area contributed by atoms with Crippen LogP contribution >= 0.6 is 0 Å². The van der Waals surface area contributed by atoms with E-state index in [1.54, 1.807) is 6.07 Å². The Balaban J connectivity index is 2.18. The summed E-state index contributed by atoms with van der Waals surface area (Å²) >= 11 is 0. The van der Waals surface area contributed by atoms with E-state index in [0.717, 1.165) is 32.4 Å². The van der Waals surface area contributed by atoms with Crippen molar-refractivity contribution in [3.05, 3.63) is 29.3 Å². The summed E-state index contributed by atoms with van der Waals surface area (Å²) < 4.78 is 0. The Morgan fingerprint density at radius 2 is 2.11 bits per heavy atom. The van der Waals surface area contributed by atoms with E-state index in [1.807, 2.05) is 12.1 Å². The number of hydrogen-bond donors (Lipinski definition) is 1. The second kappa shape index (κ2) is 5.24. The minimum absolute atomic E-state index is 0.332. The number of aromatic carboxylic acids is 1. The zero-order valence-electron chi connectivity index (χ0n) is 12.1. The van der Waals surface area contributed by atoms with E-state index in [-0.39, 0.29) is 0 Å². The third-order valence-electron chi connectivity index (χ3n) is 3.67. The molecule has 1 aliphatic heterocycles. The molecule has 19 heavy (non-hydrogen) atoms. The summed E-state index contributed by atoms with van der Waals surface area (Å²) in [5.74, 6) is -0.838. The van der Waals surface area contributed by atoms with E-state index < -0.39 is 5.97 Å². The highest BCUT2D eigenvalue weighted by Gasteiger charge is 2.20. The maximum absolute atomic E-state index is 11.0. The minimum atomic E-state index is -0.838. The number of aryl methyl sites for hydroxylation is 1. The van der Waals surface area contributed by atoms with Gasteiger partial charge >= 0.3 is 5.97 Å². The molecule has 0 unspecified atom stereocenters. The van der Waals surface area contributed by atoms with Crippen LogP contribution in [-0.4, -0.2) is 24.2 Å². The fourth-order valence-electron chi connectivity index (χ4n) is 2.51. The van der Waals surface area contributed by atoms with Crippen molar-refractivity contribution in [3.8, 4) is 0 Å². The van der Waals surface area contributed by atoms with Crippen LogP contribution in [0.4, 0.5) is 5.69 Å². The molecule has 2 rings (SSSR count). The van der Waals surface area contributed by atoms with Gasteiger partial charge in [0.25, 0.3) is 0 Å². The molecule has 3 nitrogen and oxygen atoms in total. The van der Waals surface area contributed by atoms with Crippen LogP contribution in [0.3, 0.4) is 0 Å². The van der Waals surface area contributed by atoms with Crippen LogP contribution in [0.1, 0.15) is 49.5 Å². The monoisotopic (exact) mass is 261 g/mol. The first kappa shape index (κ1) is 13.9. The van der Waals surface area contributed by atoms with Crippen molar-refractivity contribution in [1.29, 1.82) is 0 Å². The number of carboxylic acid groups (broad SMARTS) is 1. The first-order chi connectivity index (χ1) is 8.87. The lowest BCUT2D eigenvalue weighted by Gasteiger charge is -2.33. The van der Waals surface area contributed by atoms with Crippen molar-refractivity contribution < 1.29 is 9.90 Å². The Morgan fingerprint density at radius 1 is 1.37 bits per heavy atom. The van der Waals surface area contributed by atoms with Crippen molar-refractivity contribution in [1.82, 2.24) is 0 Å². The molecule has 0 atom stereocenters. The molecule has 1 aromatic carbocycles. The van der Waals surface area contributed by atoms with Gasteiger partial charge in [0.1, 0.15) is 0 Å².